The highest BCUT2D eigenvalue weighted by molar-refractivity contribution is 7.99. The molecule has 1 saturated heterocycles. The van der Waals surface area contributed by atoms with Crippen LogP contribution in [0.1, 0.15) is 13.8 Å². The Morgan fingerprint density at radius 3 is 2.60 bits per heavy atom. The van der Waals surface area contributed by atoms with Crippen LogP contribution in [0.2, 0.25) is 0 Å². The van der Waals surface area contributed by atoms with Gasteiger partial charge in [0.05, 0.1) is 12.0 Å². The highest BCUT2D eigenvalue weighted by Crippen LogP contribution is 2.34. The van der Waals surface area contributed by atoms with Crippen molar-refractivity contribution < 1.29 is 0 Å². The van der Waals surface area contributed by atoms with Gasteiger partial charge >= 0.3 is 0 Å². The van der Waals surface area contributed by atoms with Crippen LogP contribution in [0.4, 0.5) is 0 Å². The summed E-state index contributed by atoms with van der Waals surface area (Å²) in [5, 5.41) is 8.72. The predicted molar refractivity (Wildman–Crippen MR) is 44.8 cm³/mol. The fourth-order valence-electron chi connectivity index (χ4n) is 1.36. The van der Waals surface area contributed by atoms with E-state index in [0.717, 1.165) is 5.75 Å². The summed E-state index contributed by atoms with van der Waals surface area (Å²) < 4.78 is 0. The van der Waals surface area contributed by atoms with Crippen LogP contribution in [-0.2, 0) is 0 Å². The molecule has 1 rings (SSSR count). The van der Waals surface area contributed by atoms with Crippen molar-refractivity contribution >= 4 is 11.8 Å². The van der Waals surface area contributed by atoms with Crippen LogP contribution in [0.15, 0.2) is 0 Å². The first-order valence-electron chi connectivity index (χ1n) is 3.73. The Balaban J connectivity index is 2.52. The Kier molecular flexibility index (Phi) is 2.62. The normalized spacial score (nSPS) is 32.6. The molecule has 0 aromatic rings. The molecule has 1 heterocycles. The van der Waals surface area contributed by atoms with Gasteiger partial charge in [-0.2, -0.15) is 17.0 Å². The van der Waals surface area contributed by atoms with Gasteiger partial charge in [0, 0.05) is 5.75 Å². The van der Waals surface area contributed by atoms with Crippen LogP contribution >= 0.6 is 11.8 Å². The SMILES string of the molecule is CC(C)C1CSCC1C#N. The van der Waals surface area contributed by atoms with Crippen LogP contribution in [0.5, 0.6) is 0 Å². The van der Waals surface area contributed by atoms with E-state index in [1.165, 1.54) is 5.75 Å². The molecule has 0 spiro atoms. The summed E-state index contributed by atoms with van der Waals surface area (Å²) in [5.74, 6) is 3.90. The summed E-state index contributed by atoms with van der Waals surface area (Å²) in [5.41, 5.74) is 0. The van der Waals surface area contributed by atoms with Crippen molar-refractivity contribution in [2.45, 2.75) is 13.8 Å². The maximum absolute atomic E-state index is 8.72. The van der Waals surface area contributed by atoms with Crippen LogP contribution in [0.25, 0.3) is 0 Å². The molecule has 0 aliphatic carbocycles. The van der Waals surface area contributed by atoms with E-state index in [1.54, 1.807) is 0 Å². The van der Waals surface area contributed by atoms with Crippen molar-refractivity contribution in [3.05, 3.63) is 0 Å². The molecule has 2 atom stereocenters. The fraction of sp³-hybridized carbons (Fsp3) is 0.875. The van der Waals surface area contributed by atoms with E-state index in [1.807, 2.05) is 11.8 Å². The first-order chi connectivity index (χ1) is 4.75. The smallest absolute Gasteiger partial charge is 0.0667 e. The summed E-state index contributed by atoms with van der Waals surface area (Å²) in [4.78, 5) is 0. The molecule has 1 aliphatic heterocycles. The topological polar surface area (TPSA) is 23.8 Å². The quantitative estimate of drug-likeness (QED) is 0.579. The van der Waals surface area contributed by atoms with E-state index in [0.29, 0.717) is 17.8 Å². The largest absolute Gasteiger partial charge is 0.198 e. The first-order valence-corrected chi connectivity index (χ1v) is 4.88. The number of nitriles is 1. The Morgan fingerprint density at radius 1 is 1.50 bits per heavy atom. The van der Waals surface area contributed by atoms with Gasteiger partial charge in [-0.3, -0.25) is 0 Å². The molecule has 0 radical (unpaired) electrons. The molecular formula is C8H13NS. The van der Waals surface area contributed by atoms with Crippen LogP contribution in [-0.4, -0.2) is 11.5 Å². The van der Waals surface area contributed by atoms with Gasteiger partial charge < -0.3 is 0 Å². The number of nitrogens with zero attached hydrogens (tertiary/aromatic N) is 1. The second-order valence-corrected chi connectivity index (χ2v) is 4.26. The van der Waals surface area contributed by atoms with Crippen molar-refractivity contribution in [2.75, 3.05) is 11.5 Å². The second kappa shape index (κ2) is 3.30. The third-order valence-corrected chi connectivity index (χ3v) is 3.36. The van der Waals surface area contributed by atoms with Gasteiger partial charge in [0.25, 0.3) is 0 Å². The average molecular weight is 155 g/mol. The molecule has 1 fully saturated rings. The van der Waals surface area contributed by atoms with Crippen molar-refractivity contribution in [3.8, 4) is 6.07 Å². The molecule has 1 aliphatic rings. The monoisotopic (exact) mass is 155 g/mol. The van der Waals surface area contributed by atoms with Gasteiger partial charge in [0.2, 0.25) is 0 Å². The first kappa shape index (κ1) is 7.94. The van der Waals surface area contributed by atoms with Gasteiger partial charge in [-0.05, 0) is 17.6 Å². The lowest BCUT2D eigenvalue weighted by molar-refractivity contribution is 0.373. The molecule has 56 valence electrons. The molecular weight excluding hydrogens is 142 g/mol. The zero-order valence-electron chi connectivity index (χ0n) is 6.50. The van der Waals surface area contributed by atoms with Crippen LogP contribution in [0, 0.1) is 29.1 Å². The fourth-order valence-corrected chi connectivity index (χ4v) is 2.96. The van der Waals surface area contributed by atoms with Gasteiger partial charge in [0.1, 0.15) is 0 Å². The Bertz CT molecular complexity index is 148. The summed E-state index contributed by atoms with van der Waals surface area (Å²) >= 11 is 1.92. The van der Waals surface area contributed by atoms with Crippen LogP contribution in [0.3, 0.4) is 0 Å². The molecule has 2 unspecified atom stereocenters. The summed E-state index contributed by atoms with van der Waals surface area (Å²) in [7, 11) is 0. The molecule has 0 bridgehead atoms. The van der Waals surface area contributed by atoms with Crippen molar-refractivity contribution in [2.24, 2.45) is 17.8 Å². The van der Waals surface area contributed by atoms with E-state index in [-0.39, 0.29) is 0 Å². The summed E-state index contributed by atoms with van der Waals surface area (Å²) in [6.45, 7) is 4.42. The van der Waals surface area contributed by atoms with Gasteiger partial charge in [-0.15, -0.1) is 0 Å². The minimum atomic E-state index is 0.324. The van der Waals surface area contributed by atoms with Gasteiger partial charge in [0.15, 0.2) is 0 Å². The minimum absolute atomic E-state index is 0.324. The lowest BCUT2D eigenvalue weighted by atomic mass is 9.87. The zero-order chi connectivity index (χ0) is 7.56. The third-order valence-electron chi connectivity index (χ3n) is 2.15. The Hall–Kier alpha value is -0.160. The van der Waals surface area contributed by atoms with E-state index in [4.69, 9.17) is 5.26 Å². The Morgan fingerprint density at radius 2 is 2.20 bits per heavy atom. The van der Waals surface area contributed by atoms with E-state index < -0.39 is 0 Å². The van der Waals surface area contributed by atoms with Gasteiger partial charge in [-0.25, -0.2) is 0 Å². The molecule has 0 aromatic carbocycles. The van der Waals surface area contributed by atoms with Gasteiger partial charge in [-0.1, -0.05) is 13.8 Å². The molecule has 0 saturated carbocycles. The maximum atomic E-state index is 8.72. The second-order valence-electron chi connectivity index (χ2n) is 3.18. The van der Waals surface area contributed by atoms with E-state index >= 15 is 0 Å². The number of thioether (sulfide) groups is 1. The van der Waals surface area contributed by atoms with E-state index in [2.05, 4.69) is 19.9 Å². The van der Waals surface area contributed by atoms with Crippen LogP contribution < -0.4 is 0 Å². The molecule has 0 N–H and O–H groups in total. The highest BCUT2D eigenvalue weighted by Gasteiger charge is 2.29. The molecule has 1 nitrogen and oxygen atoms in total. The third kappa shape index (κ3) is 1.46. The molecule has 0 amide bonds. The molecule has 0 aromatic heterocycles. The Labute approximate surface area is 66.8 Å². The van der Waals surface area contributed by atoms with Crippen molar-refractivity contribution in [3.63, 3.8) is 0 Å². The van der Waals surface area contributed by atoms with E-state index in [9.17, 15) is 0 Å². The lowest BCUT2D eigenvalue weighted by Crippen LogP contribution is -2.16. The number of rotatable bonds is 1. The summed E-state index contributed by atoms with van der Waals surface area (Å²) in [6.07, 6.45) is 0. The standard InChI is InChI=1S/C8H13NS/c1-6(2)8-5-10-4-7(8)3-9/h6-8H,4-5H2,1-2H3. The predicted octanol–water partition coefficient (Wildman–Crippen LogP) is 2.15. The summed E-state index contributed by atoms with van der Waals surface area (Å²) in [6, 6.07) is 2.37. The van der Waals surface area contributed by atoms with Crippen molar-refractivity contribution in [1.82, 2.24) is 0 Å². The lowest BCUT2D eigenvalue weighted by Gasteiger charge is -2.15. The highest BCUT2D eigenvalue weighted by atomic mass is 32.2. The minimum Gasteiger partial charge on any atom is -0.198 e. The van der Waals surface area contributed by atoms with Crippen molar-refractivity contribution in [1.29, 1.82) is 5.26 Å². The molecule has 2 heteroatoms. The average Bonchev–Trinajstić information content (AvgIpc) is 2.33. The zero-order valence-corrected chi connectivity index (χ0v) is 7.32. The number of hydrogen-bond acceptors (Lipinski definition) is 2. The maximum Gasteiger partial charge on any atom is 0.0667 e. The number of hydrogen-bond donors (Lipinski definition) is 0. The molecule has 10 heavy (non-hydrogen) atoms.